The second-order valence-corrected chi connectivity index (χ2v) is 5.83. The first-order valence-electron chi connectivity index (χ1n) is 7.22. The molecule has 1 atom stereocenters. The summed E-state index contributed by atoms with van der Waals surface area (Å²) >= 11 is 0. The number of hydrogen-bond acceptors (Lipinski definition) is 2. The topological polar surface area (TPSA) is 38.0 Å². The lowest BCUT2D eigenvalue weighted by molar-refractivity contribution is 0.370. The van der Waals surface area contributed by atoms with Gasteiger partial charge in [-0.3, -0.25) is 0 Å². The highest BCUT2D eigenvalue weighted by molar-refractivity contribution is 5.35. The molecule has 0 amide bonds. The average Bonchev–Trinajstić information content (AvgIpc) is 2.81. The van der Waals surface area contributed by atoms with Gasteiger partial charge in [-0.25, -0.2) is 0 Å². The van der Waals surface area contributed by atoms with Crippen molar-refractivity contribution in [2.24, 2.45) is 17.6 Å². The van der Waals surface area contributed by atoms with Gasteiger partial charge in [0.15, 0.2) is 0 Å². The van der Waals surface area contributed by atoms with Gasteiger partial charge in [-0.05, 0) is 60.9 Å². The van der Waals surface area contributed by atoms with Crippen LogP contribution in [-0.4, -0.2) is 13.1 Å². The molecule has 2 rings (SSSR count). The molecule has 2 nitrogen and oxygen atoms in total. The average molecular weight is 246 g/mol. The van der Waals surface area contributed by atoms with E-state index in [2.05, 4.69) is 37.4 Å². The van der Waals surface area contributed by atoms with Gasteiger partial charge >= 0.3 is 0 Å². The zero-order valence-corrected chi connectivity index (χ0v) is 11.7. The quantitative estimate of drug-likeness (QED) is 0.809. The summed E-state index contributed by atoms with van der Waals surface area (Å²) in [5, 5.41) is 3.55. The van der Waals surface area contributed by atoms with Crippen LogP contribution >= 0.6 is 0 Å². The Morgan fingerprint density at radius 2 is 2.00 bits per heavy atom. The smallest absolute Gasteiger partial charge is 0.0205 e. The van der Waals surface area contributed by atoms with Crippen molar-refractivity contribution in [1.82, 2.24) is 5.32 Å². The van der Waals surface area contributed by atoms with Crippen molar-refractivity contribution in [2.45, 2.75) is 39.7 Å². The van der Waals surface area contributed by atoms with E-state index in [0.717, 1.165) is 19.6 Å². The van der Waals surface area contributed by atoms with E-state index in [0.29, 0.717) is 11.8 Å². The van der Waals surface area contributed by atoms with E-state index >= 15 is 0 Å². The highest BCUT2D eigenvalue weighted by atomic mass is 14.9. The SMILES string of the molecule is CC(C)C(CN)CNCc1ccc2c(c1)CCC2. The van der Waals surface area contributed by atoms with E-state index in [-0.39, 0.29) is 0 Å². The molecule has 100 valence electrons. The summed E-state index contributed by atoms with van der Waals surface area (Å²) in [5.74, 6) is 1.24. The van der Waals surface area contributed by atoms with Crippen LogP contribution in [0.1, 0.15) is 37.0 Å². The maximum absolute atomic E-state index is 5.79. The molecule has 0 saturated carbocycles. The Labute approximate surface area is 111 Å². The van der Waals surface area contributed by atoms with Gasteiger partial charge in [-0.15, -0.1) is 0 Å². The molecule has 18 heavy (non-hydrogen) atoms. The van der Waals surface area contributed by atoms with E-state index in [4.69, 9.17) is 5.73 Å². The van der Waals surface area contributed by atoms with E-state index in [1.165, 1.54) is 24.8 Å². The summed E-state index contributed by atoms with van der Waals surface area (Å²) in [5.41, 5.74) is 10.3. The maximum atomic E-state index is 5.79. The number of aryl methyl sites for hydroxylation is 2. The zero-order chi connectivity index (χ0) is 13.0. The zero-order valence-electron chi connectivity index (χ0n) is 11.7. The molecule has 0 spiro atoms. The summed E-state index contributed by atoms with van der Waals surface area (Å²) < 4.78 is 0. The van der Waals surface area contributed by atoms with Crippen molar-refractivity contribution in [3.63, 3.8) is 0 Å². The van der Waals surface area contributed by atoms with Crippen LogP contribution < -0.4 is 11.1 Å². The van der Waals surface area contributed by atoms with Crippen molar-refractivity contribution in [2.75, 3.05) is 13.1 Å². The normalized spacial score (nSPS) is 16.0. The van der Waals surface area contributed by atoms with E-state index in [1.54, 1.807) is 11.1 Å². The standard InChI is InChI=1S/C16H26N2/c1-12(2)16(9-17)11-18-10-13-6-7-14-4-3-5-15(14)8-13/h6-8,12,16,18H,3-5,9-11,17H2,1-2H3. The fourth-order valence-electron chi connectivity index (χ4n) is 2.73. The molecule has 0 bridgehead atoms. The minimum absolute atomic E-state index is 0.583. The van der Waals surface area contributed by atoms with E-state index in [1.807, 2.05) is 0 Å². The van der Waals surface area contributed by atoms with Crippen molar-refractivity contribution in [3.8, 4) is 0 Å². The van der Waals surface area contributed by atoms with Crippen LogP contribution in [0.4, 0.5) is 0 Å². The van der Waals surface area contributed by atoms with Crippen LogP contribution in [-0.2, 0) is 19.4 Å². The molecule has 1 aromatic carbocycles. The van der Waals surface area contributed by atoms with Crippen molar-refractivity contribution in [1.29, 1.82) is 0 Å². The molecule has 0 aromatic heterocycles. The van der Waals surface area contributed by atoms with Gasteiger partial charge in [-0.1, -0.05) is 32.0 Å². The van der Waals surface area contributed by atoms with Gasteiger partial charge in [-0.2, -0.15) is 0 Å². The molecule has 3 N–H and O–H groups in total. The Bertz CT molecular complexity index is 385. The van der Waals surface area contributed by atoms with E-state index < -0.39 is 0 Å². The van der Waals surface area contributed by atoms with Gasteiger partial charge in [0.2, 0.25) is 0 Å². The minimum atomic E-state index is 0.583. The number of hydrogen-bond donors (Lipinski definition) is 2. The summed E-state index contributed by atoms with van der Waals surface area (Å²) in [6.45, 7) is 7.25. The van der Waals surface area contributed by atoms with E-state index in [9.17, 15) is 0 Å². The van der Waals surface area contributed by atoms with Crippen molar-refractivity contribution < 1.29 is 0 Å². The Hall–Kier alpha value is -0.860. The number of nitrogens with two attached hydrogens (primary N) is 1. The third-order valence-corrected chi connectivity index (χ3v) is 4.14. The van der Waals surface area contributed by atoms with Crippen LogP contribution in [0, 0.1) is 11.8 Å². The van der Waals surface area contributed by atoms with Crippen LogP contribution in [0.5, 0.6) is 0 Å². The first-order valence-corrected chi connectivity index (χ1v) is 7.22. The maximum Gasteiger partial charge on any atom is 0.0205 e. The third-order valence-electron chi connectivity index (χ3n) is 4.14. The van der Waals surface area contributed by atoms with Gasteiger partial charge in [0.25, 0.3) is 0 Å². The fraction of sp³-hybridized carbons (Fsp3) is 0.625. The molecule has 0 radical (unpaired) electrons. The third kappa shape index (κ3) is 3.33. The minimum Gasteiger partial charge on any atom is -0.330 e. The summed E-state index contributed by atoms with van der Waals surface area (Å²) in [6.07, 6.45) is 3.86. The fourth-order valence-corrected chi connectivity index (χ4v) is 2.73. The Kier molecular flexibility index (Phi) is 4.79. The number of rotatable bonds is 6. The first-order chi connectivity index (χ1) is 8.70. The Morgan fingerprint density at radius 1 is 1.22 bits per heavy atom. The van der Waals surface area contributed by atoms with Gasteiger partial charge in [0.05, 0.1) is 0 Å². The summed E-state index contributed by atoms with van der Waals surface area (Å²) in [6, 6.07) is 6.95. The van der Waals surface area contributed by atoms with Gasteiger partial charge < -0.3 is 11.1 Å². The molecular weight excluding hydrogens is 220 g/mol. The Balaban J connectivity index is 1.83. The second kappa shape index (κ2) is 6.35. The van der Waals surface area contributed by atoms with Crippen LogP contribution in [0.25, 0.3) is 0 Å². The van der Waals surface area contributed by atoms with Gasteiger partial charge in [0, 0.05) is 6.54 Å². The van der Waals surface area contributed by atoms with Crippen LogP contribution in [0.2, 0.25) is 0 Å². The highest BCUT2D eigenvalue weighted by Gasteiger charge is 2.12. The predicted molar refractivity (Wildman–Crippen MR) is 77.6 cm³/mol. The molecule has 0 saturated heterocycles. The molecular formula is C16H26N2. The predicted octanol–water partition coefficient (Wildman–Crippen LogP) is 2.50. The van der Waals surface area contributed by atoms with Crippen molar-refractivity contribution in [3.05, 3.63) is 34.9 Å². The summed E-state index contributed by atoms with van der Waals surface area (Å²) in [4.78, 5) is 0. The van der Waals surface area contributed by atoms with Gasteiger partial charge in [0.1, 0.15) is 0 Å². The second-order valence-electron chi connectivity index (χ2n) is 5.83. The molecule has 0 aliphatic heterocycles. The number of nitrogens with one attached hydrogen (secondary N) is 1. The number of fused-ring (bicyclic) bond motifs is 1. The largest absolute Gasteiger partial charge is 0.330 e. The molecule has 0 fully saturated rings. The lowest BCUT2D eigenvalue weighted by Crippen LogP contribution is -2.31. The molecule has 1 aromatic rings. The lowest BCUT2D eigenvalue weighted by atomic mass is 9.96. The molecule has 1 unspecified atom stereocenters. The Morgan fingerprint density at radius 3 is 2.72 bits per heavy atom. The highest BCUT2D eigenvalue weighted by Crippen LogP contribution is 2.22. The lowest BCUT2D eigenvalue weighted by Gasteiger charge is -2.19. The summed E-state index contributed by atoms with van der Waals surface area (Å²) in [7, 11) is 0. The van der Waals surface area contributed by atoms with Crippen molar-refractivity contribution >= 4 is 0 Å². The number of benzene rings is 1. The monoisotopic (exact) mass is 246 g/mol. The first kappa shape index (κ1) is 13.6. The molecule has 1 aliphatic carbocycles. The molecule has 0 heterocycles. The van der Waals surface area contributed by atoms with Crippen LogP contribution in [0.3, 0.4) is 0 Å². The van der Waals surface area contributed by atoms with Crippen LogP contribution in [0.15, 0.2) is 18.2 Å². The molecule has 2 heteroatoms. The molecule has 1 aliphatic rings.